The quantitative estimate of drug-likeness (QED) is 0.587. The van der Waals surface area contributed by atoms with Gasteiger partial charge in [0.2, 0.25) is 0 Å². The van der Waals surface area contributed by atoms with E-state index < -0.39 is 11.7 Å². The van der Waals surface area contributed by atoms with Gasteiger partial charge >= 0.3 is 6.18 Å². The normalized spacial score (nSPS) is 10.9. The van der Waals surface area contributed by atoms with Crippen molar-refractivity contribution in [2.24, 2.45) is 0 Å². The molecule has 0 bridgehead atoms. The average molecular weight is 230 g/mol. The number of aldehydes is 1. The summed E-state index contributed by atoms with van der Waals surface area (Å²) in [4.78, 5) is 10.4. The van der Waals surface area contributed by atoms with Crippen LogP contribution in [-0.2, 0) is 6.18 Å². The first-order chi connectivity index (χ1) is 7.49. The second-order valence-corrected chi connectivity index (χ2v) is 2.97. The van der Waals surface area contributed by atoms with Gasteiger partial charge in [0, 0.05) is 5.56 Å². The average Bonchev–Trinajstić information content (AvgIpc) is 2.25. The molecule has 1 aromatic carbocycles. The molecule has 16 heavy (non-hydrogen) atoms. The summed E-state index contributed by atoms with van der Waals surface area (Å²) in [6.07, 6.45) is -2.85. The molecular weight excluding hydrogens is 221 g/mol. The van der Waals surface area contributed by atoms with Crippen LogP contribution in [0.5, 0.6) is 5.75 Å². The molecule has 0 spiro atoms. The molecule has 1 rings (SSSR count). The van der Waals surface area contributed by atoms with E-state index in [2.05, 4.69) is 6.58 Å². The molecular formula is C11H9F3O2. The maximum atomic E-state index is 12.6. The summed E-state index contributed by atoms with van der Waals surface area (Å²) in [6, 6.07) is 3.14. The van der Waals surface area contributed by atoms with Crippen molar-refractivity contribution >= 4 is 6.29 Å². The number of alkyl halides is 3. The van der Waals surface area contributed by atoms with Gasteiger partial charge in [-0.25, -0.2) is 0 Å². The van der Waals surface area contributed by atoms with Crippen LogP contribution in [0.25, 0.3) is 0 Å². The van der Waals surface area contributed by atoms with Crippen molar-refractivity contribution in [3.8, 4) is 5.75 Å². The maximum absolute atomic E-state index is 12.6. The topological polar surface area (TPSA) is 26.3 Å². The zero-order valence-corrected chi connectivity index (χ0v) is 8.25. The zero-order valence-electron chi connectivity index (χ0n) is 8.25. The highest BCUT2D eigenvalue weighted by Gasteiger charge is 2.34. The van der Waals surface area contributed by atoms with Crippen molar-refractivity contribution in [3.63, 3.8) is 0 Å². The Bertz CT molecular complexity index is 397. The fraction of sp³-hybridized carbons (Fsp3) is 0.182. The lowest BCUT2D eigenvalue weighted by atomic mass is 10.1. The fourth-order valence-corrected chi connectivity index (χ4v) is 1.12. The van der Waals surface area contributed by atoms with Crippen LogP contribution in [0.15, 0.2) is 30.9 Å². The van der Waals surface area contributed by atoms with E-state index >= 15 is 0 Å². The molecule has 86 valence electrons. The molecule has 0 aliphatic rings. The number of rotatable bonds is 4. The zero-order chi connectivity index (χ0) is 12.2. The summed E-state index contributed by atoms with van der Waals surface area (Å²) in [6.45, 7) is 3.31. The smallest absolute Gasteiger partial charge is 0.419 e. The second kappa shape index (κ2) is 4.83. The molecule has 0 radical (unpaired) electrons. The number of hydrogen-bond donors (Lipinski definition) is 0. The molecule has 0 aromatic heterocycles. The van der Waals surface area contributed by atoms with Crippen LogP contribution >= 0.6 is 0 Å². The molecule has 2 nitrogen and oxygen atoms in total. The SMILES string of the molecule is C=CCOc1ccc(C=O)cc1C(F)(F)F. The van der Waals surface area contributed by atoms with Crippen molar-refractivity contribution in [1.82, 2.24) is 0 Å². The van der Waals surface area contributed by atoms with Gasteiger partial charge in [-0.05, 0) is 18.2 Å². The summed E-state index contributed by atoms with van der Waals surface area (Å²) >= 11 is 0. The van der Waals surface area contributed by atoms with E-state index in [0.717, 1.165) is 12.1 Å². The Balaban J connectivity index is 3.16. The van der Waals surface area contributed by atoms with Crippen molar-refractivity contribution in [1.29, 1.82) is 0 Å². The van der Waals surface area contributed by atoms with Crippen molar-refractivity contribution in [3.05, 3.63) is 42.0 Å². The molecule has 0 N–H and O–H groups in total. The molecule has 0 atom stereocenters. The standard InChI is InChI=1S/C11H9F3O2/c1-2-5-16-10-4-3-8(7-15)6-9(10)11(12,13)14/h2-4,6-7H,1,5H2. The molecule has 0 heterocycles. The minimum atomic E-state index is -4.55. The molecule has 0 aliphatic heterocycles. The first-order valence-corrected chi connectivity index (χ1v) is 4.39. The van der Waals surface area contributed by atoms with E-state index in [1.807, 2.05) is 0 Å². The third kappa shape index (κ3) is 2.85. The molecule has 0 saturated heterocycles. The number of carbonyl (C=O) groups excluding carboxylic acids is 1. The van der Waals surface area contributed by atoms with Gasteiger partial charge < -0.3 is 4.74 Å². The van der Waals surface area contributed by atoms with Crippen molar-refractivity contribution in [2.75, 3.05) is 6.61 Å². The summed E-state index contributed by atoms with van der Waals surface area (Å²) in [5.41, 5.74) is -1.00. The summed E-state index contributed by atoms with van der Waals surface area (Å²) in [5, 5.41) is 0. The van der Waals surface area contributed by atoms with E-state index in [1.165, 1.54) is 12.1 Å². The minimum absolute atomic E-state index is 0.0243. The molecule has 0 fully saturated rings. The van der Waals surface area contributed by atoms with Crippen molar-refractivity contribution in [2.45, 2.75) is 6.18 Å². The third-order valence-electron chi connectivity index (χ3n) is 1.80. The van der Waals surface area contributed by atoms with Crippen LogP contribution in [0.4, 0.5) is 13.2 Å². The van der Waals surface area contributed by atoms with Crippen LogP contribution < -0.4 is 4.74 Å². The lowest BCUT2D eigenvalue weighted by Gasteiger charge is -2.13. The molecule has 0 saturated carbocycles. The monoisotopic (exact) mass is 230 g/mol. The number of carbonyl (C=O) groups is 1. The maximum Gasteiger partial charge on any atom is 0.419 e. The summed E-state index contributed by atoms with van der Waals surface area (Å²) in [5.74, 6) is -0.307. The van der Waals surface area contributed by atoms with E-state index in [1.54, 1.807) is 0 Å². The lowest BCUT2D eigenvalue weighted by molar-refractivity contribution is -0.138. The van der Waals surface area contributed by atoms with Gasteiger partial charge in [0.05, 0.1) is 5.56 Å². The molecule has 0 amide bonds. The van der Waals surface area contributed by atoms with Gasteiger partial charge in [-0.2, -0.15) is 13.2 Å². The predicted molar refractivity (Wildman–Crippen MR) is 52.5 cm³/mol. The number of hydrogen-bond acceptors (Lipinski definition) is 2. The summed E-state index contributed by atoms with van der Waals surface area (Å²) < 4.78 is 42.6. The predicted octanol–water partition coefficient (Wildman–Crippen LogP) is 3.08. The molecule has 0 aliphatic carbocycles. The van der Waals surface area contributed by atoms with Crippen LogP contribution in [0.1, 0.15) is 15.9 Å². The van der Waals surface area contributed by atoms with Gasteiger partial charge in [0.1, 0.15) is 18.6 Å². The molecule has 1 aromatic rings. The van der Waals surface area contributed by atoms with Crippen LogP contribution in [0.2, 0.25) is 0 Å². The van der Waals surface area contributed by atoms with Crippen LogP contribution in [0.3, 0.4) is 0 Å². The Kier molecular flexibility index (Phi) is 3.71. The highest BCUT2D eigenvalue weighted by atomic mass is 19.4. The van der Waals surface area contributed by atoms with Crippen molar-refractivity contribution < 1.29 is 22.7 Å². The van der Waals surface area contributed by atoms with Crippen LogP contribution in [0, 0.1) is 0 Å². The Morgan fingerprint density at radius 3 is 2.56 bits per heavy atom. The van der Waals surface area contributed by atoms with Gasteiger partial charge in [0.25, 0.3) is 0 Å². The highest BCUT2D eigenvalue weighted by molar-refractivity contribution is 5.75. The third-order valence-corrected chi connectivity index (χ3v) is 1.80. The molecule has 5 heteroatoms. The van der Waals surface area contributed by atoms with E-state index in [4.69, 9.17) is 4.74 Å². The van der Waals surface area contributed by atoms with Gasteiger partial charge in [-0.15, -0.1) is 0 Å². The van der Waals surface area contributed by atoms with Gasteiger partial charge in [-0.3, -0.25) is 4.79 Å². The fourth-order valence-electron chi connectivity index (χ4n) is 1.12. The number of halogens is 3. The van der Waals surface area contributed by atoms with Crippen LogP contribution in [-0.4, -0.2) is 12.9 Å². The molecule has 0 unspecified atom stereocenters. The van der Waals surface area contributed by atoms with E-state index in [9.17, 15) is 18.0 Å². The van der Waals surface area contributed by atoms with Gasteiger partial charge in [-0.1, -0.05) is 12.7 Å². The van der Waals surface area contributed by atoms with Gasteiger partial charge in [0.15, 0.2) is 0 Å². The number of benzene rings is 1. The second-order valence-electron chi connectivity index (χ2n) is 2.97. The Morgan fingerprint density at radius 1 is 1.38 bits per heavy atom. The Hall–Kier alpha value is -1.78. The lowest BCUT2D eigenvalue weighted by Crippen LogP contribution is -2.09. The first-order valence-electron chi connectivity index (χ1n) is 4.39. The number of ether oxygens (including phenoxy) is 1. The van der Waals surface area contributed by atoms with E-state index in [0.29, 0.717) is 6.29 Å². The Labute approximate surface area is 90.3 Å². The van der Waals surface area contributed by atoms with E-state index in [-0.39, 0.29) is 17.9 Å². The summed E-state index contributed by atoms with van der Waals surface area (Å²) in [7, 11) is 0. The minimum Gasteiger partial charge on any atom is -0.489 e. The highest BCUT2D eigenvalue weighted by Crippen LogP contribution is 2.36. The Morgan fingerprint density at radius 2 is 2.06 bits per heavy atom. The first kappa shape index (κ1) is 12.3. The largest absolute Gasteiger partial charge is 0.489 e.